The number of nitrogens with zero attached hydrogens (tertiary/aromatic N) is 3. The molecule has 25 heavy (non-hydrogen) atoms. The fourth-order valence-electron chi connectivity index (χ4n) is 2.83. The van der Waals surface area contributed by atoms with Crippen LogP contribution in [0.4, 0.5) is 5.69 Å². The molecule has 130 valence electrons. The van der Waals surface area contributed by atoms with Crippen LogP contribution in [0.15, 0.2) is 36.5 Å². The number of rotatable bonds is 4. The SMILES string of the molecule is CC(C)(O)c1ccc(O[C@@H]2CCN(c3ccc(C#N)c(Cl)c3)C2)nc1. The number of anilines is 1. The molecule has 1 N–H and O–H groups in total. The first kappa shape index (κ1) is 17.5. The highest BCUT2D eigenvalue weighted by Crippen LogP contribution is 2.27. The van der Waals surface area contributed by atoms with E-state index in [0.29, 0.717) is 16.5 Å². The second-order valence-electron chi connectivity index (χ2n) is 6.69. The fourth-order valence-corrected chi connectivity index (χ4v) is 3.05. The molecule has 0 aliphatic carbocycles. The highest BCUT2D eigenvalue weighted by molar-refractivity contribution is 6.32. The Hall–Kier alpha value is -2.29. The van der Waals surface area contributed by atoms with Crippen molar-refractivity contribution < 1.29 is 9.84 Å². The number of halogens is 1. The summed E-state index contributed by atoms with van der Waals surface area (Å²) in [7, 11) is 0. The van der Waals surface area contributed by atoms with Crippen LogP contribution < -0.4 is 9.64 Å². The third kappa shape index (κ3) is 4.04. The maximum atomic E-state index is 9.97. The first-order valence-electron chi connectivity index (χ1n) is 8.17. The molecule has 2 aromatic rings. The summed E-state index contributed by atoms with van der Waals surface area (Å²) >= 11 is 6.11. The Bertz CT molecular complexity index is 794. The zero-order valence-electron chi connectivity index (χ0n) is 14.2. The van der Waals surface area contributed by atoms with Crippen LogP contribution in [-0.2, 0) is 5.60 Å². The van der Waals surface area contributed by atoms with Crippen LogP contribution in [0, 0.1) is 11.3 Å². The van der Waals surface area contributed by atoms with Crippen molar-refractivity contribution in [1.29, 1.82) is 5.26 Å². The molecule has 1 aromatic heterocycles. The van der Waals surface area contributed by atoms with Crippen molar-refractivity contribution in [3.63, 3.8) is 0 Å². The third-order valence-corrected chi connectivity index (χ3v) is 4.63. The van der Waals surface area contributed by atoms with E-state index in [1.165, 1.54) is 0 Å². The van der Waals surface area contributed by atoms with E-state index in [0.717, 1.165) is 30.8 Å². The van der Waals surface area contributed by atoms with Crippen molar-refractivity contribution in [2.75, 3.05) is 18.0 Å². The lowest BCUT2D eigenvalue weighted by atomic mass is 10.0. The van der Waals surface area contributed by atoms with Crippen LogP contribution >= 0.6 is 11.6 Å². The average molecular weight is 358 g/mol. The minimum atomic E-state index is -0.912. The van der Waals surface area contributed by atoms with Gasteiger partial charge in [0.2, 0.25) is 5.88 Å². The van der Waals surface area contributed by atoms with E-state index in [4.69, 9.17) is 21.6 Å². The van der Waals surface area contributed by atoms with E-state index in [2.05, 4.69) is 16.0 Å². The molecular formula is C19H20ClN3O2. The molecule has 0 bridgehead atoms. The molecule has 0 unspecified atom stereocenters. The van der Waals surface area contributed by atoms with E-state index in [9.17, 15) is 5.11 Å². The summed E-state index contributed by atoms with van der Waals surface area (Å²) in [6.07, 6.45) is 2.56. The minimum absolute atomic E-state index is 0.0369. The molecule has 2 heterocycles. The van der Waals surface area contributed by atoms with E-state index in [-0.39, 0.29) is 6.10 Å². The Kier molecular flexibility index (Phi) is 4.85. The molecule has 6 heteroatoms. The molecular weight excluding hydrogens is 338 g/mol. The number of nitriles is 1. The highest BCUT2D eigenvalue weighted by Gasteiger charge is 2.25. The van der Waals surface area contributed by atoms with Crippen molar-refractivity contribution in [1.82, 2.24) is 4.98 Å². The van der Waals surface area contributed by atoms with Gasteiger partial charge in [0.05, 0.1) is 22.7 Å². The van der Waals surface area contributed by atoms with Crippen LogP contribution in [0.2, 0.25) is 5.02 Å². The van der Waals surface area contributed by atoms with Gasteiger partial charge in [0.15, 0.2) is 0 Å². The predicted molar refractivity (Wildman–Crippen MR) is 96.9 cm³/mol. The largest absolute Gasteiger partial charge is 0.472 e. The van der Waals surface area contributed by atoms with Crippen molar-refractivity contribution in [2.45, 2.75) is 32.0 Å². The van der Waals surface area contributed by atoms with Crippen molar-refractivity contribution in [2.24, 2.45) is 0 Å². The quantitative estimate of drug-likeness (QED) is 0.907. The average Bonchev–Trinajstić information content (AvgIpc) is 3.03. The zero-order chi connectivity index (χ0) is 18.0. The van der Waals surface area contributed by atoms with E-state index in [1.54, 1.807) is 32.2 Å². The maximum absolute atomic E-state index is 9.97. The van der Waals surface area contributed by atoms with Crippen molar-refractivity contribution in [3.8, 4) is 11.9 Å². The first-order chi connectivity index (χ1) is 11.9. The summed E-state index contributed by atoms with van der Waals surface area (Å²) in [5.74, 6) is 0.553. The molecule has 0 saturated carbocycles. The second kappa shape index (κ2) is 6.91. The maximum Gasteiger partial charge on any atom is 0.213 e. The molecule has 0 radical (unpaired) electrons. The standard InChI is InChI=1S/C19H20ClN3O2/c1-19(2,24)14-4-6-18(22-11-14)25-16-7-8-23(12-16)15-5-3-13(10-21)17(20)9-15/h3-6,9,11,16,24H,7-8,12H2,1-2H3/t16-/m1/s1. The summed E-state index contributed by atoms with van der Waals surface area (Å²) < 4.78 is 5.95. The van der Waals surface area contributed by atoms with Gasteiger partial charge in [-0.15, -0.1) is 0 Å². The van der Waals surface area contributed by atoms with Crippen LogP contribution in [0.25, 0.3) is 0 Å². The molecule has 1 fully saturated rings. The Morgan fingerprint density at radius 2 is 2.16 bits per heavy atom. The summed E-state index contributed by atoms with van der Waals surface area (Å²) in [4.78, 5) is 6.47. The van der Waals surface area contributed by atoms with Gasteiger partial charge in [-0.25, -0.2) is 4.98 Å². The van der Waals surface area contributed by atoms with Crippen LogP contribution in [0.1, 0.15) is 31.4 Å². The fraction of sp³-hybridized carbons (Fsp3) is 0.368. The first-order valence-corrected chi connectivity index (χ1v) is 8.55. The van der Waals surface area contributed by atoms with E-state index in [1.807, 2.05) is 18.2 Å². The van der Waals surface area contributed by atoms with Crippen molar-refractivity contribution in [3.05, 3.63) is 52.7 Å². The van der Waals surface area contributed by atoms with Crippen LogP contribution in [0.5, 0.6) is 5.88 Å². The van der Waals surface area contributed by atoms with Gasteiger partial charge in [0, 0.05) is 36.5 Å². The number of aliphatic hydroxyl groups is 1. The van der Waals surface area contributed by atoms with Gasteiger partial charge < -0.3 is 14.7 Å². The Balaban J connectivity index is 1.63. The molecule has 0 amide bonds. The smallest absolute Gasteiger partial charge is 0.213 e. The van der Waals surface area contributed by atoms with E-state index >= 15 is 0 Å². The highest BCUT2D eigenvalue weighted by atomic mass is 35.5. The zero-order valence-corrected chi connectivity index (χ0v) is 15.0. The van der Waals surface area contributed by atoms with Gasteiger partial charge in [0.1, 0.15) is 12.2 Å². The number of pyridine rings is 1. The number of aromatic nitrogens is 1. The van der Waals surface area contributed by atoms with Gasteiger partial charge >= 0.3 is 0 Å². The number of hydrogen-bond acceptors (Lipinski definition) is 5. The molecule has 1 atom stereocenters. The van der Waals surface area contributed by atoms with Gasteiger partial charge in [-0.1, -0.05) is 11.6 Å². The van der Waals surface area contributed by atoms with Gasteiger partial charge in [-0.2, -0.15) is 5.26 Å². The van der Waals surface area contributed by atoms with Crippen LogP contribution in [0.3, 0.4) is 0 Å². The van der Waals surface area contributed by atoms with E-state index < -0.39 is 5.60 Å². The lowest BCUT2D eigenvalue weighted by molar-refractivity contribution is 0.0780. The number of ether oxygens (including phenoxy) is 1. The molecule has 1 aliphatic rings. The summed E-state index contributed by atoms with van der Waals surface area (Å²) in [6, 6.07) is 11.1. The van der Waals surface area contributed by atoms with Gasteiger partial charge in [-0.05, 0) is 38.1 Å². The predicted octanol–water partition coefficient (Wildman–Crippen LogP) is 3.49. The summed E-state index contributed by atoms with van der Waals surface area (Å²) in [6.45, 7) is 5.04. The lowest BCUT2D eigenvalue weighted by Crippen LogP contribution is -2.24. The van der Waals surface area contributed by atoms with Gasteiger partial charge in [-0.3, -0.25) is 0 Å². The Morgan fingerprint density at radius 1 is 1.36 bits per heavy atom. The number of hydrogen-bond donors (Lipinski definition) is 1. The Morgan fingerprint density at radius 3 is 2.76 bits per heavy atom. The number of benzene rings is 1. The lowest BCUT2D eigenvalue weighted by Gasteiger charge is -2.20. The summed E-state index contributed by atoms with van der Waals surface area (Å²) in [5, 5.41) is 19.4. The van der Waals surface area contributed by atoms with Crippen LogP contribution in [-0.4, -0.2) is 29.3 Å². The second-order valence-corrected chi connectivity index (χ2v) is 7.10. The minimum Gasteiger partial charge on any atom is -0.472 e. The topological polar surface area (TPSA) is 69.4 Å². The van der Waals surface area contributed by atoms with Gasteiger partial charge in [0.25, 0.3) is 0 Å². The molecule has 0 spiro atoms. The normalized spacial score (nSPS) is 17.4. The summed E-state index contributed by atoms with van der Waals surface area (Å²) in [5.41, 5.74) is 1.30. The molecule has 5 nitrogen and oxygen atoms in total. The third-order valence-electron chi connectivity index (χ3n) is 4.31. The molecule has 1 aliphatic heterocycles. The monoisotopic (exact) mass is 357 g/mol. The van der Waals surface area contributed by atoms with Crippen molar-refractivity contribution >= 4 is 17.3 Å². The molecule has 1 aromatic carbocycles. The molecule has 1 saturated heterocycles. The molecule has 3 rings (SSSR count). The Labute approximate surface area is 152 Å².